The van der Waals surface area contributed by atoms with Crippen molar-refractivity contribution in [1.29, 1.82) is 5.41 Å². The zero-order valence-electron chi connectivity index (χ0n) is 43.6. The fourth-order valence-electron chi connectivity index (χ4n) is 11.7. The number of thiol groups is 1. The molecule has 384 valence electrons. The maximum Gasteiger partial charge on any atom is 0.152 e. The van der Waals surface area contributed by atoms with Crippen molar-refractivity contribution in [2.45, 2.75) is 0 Å². The molecule has 0 spiro atoms. The Hall–Kier alpha value is -10.6. The Kier molecular flexibility index (Phi) is 11.6. The zero-order chi connectivity index (χ0) is 54.0. The Labute approximate surface area is 474 Å². The molecule has 0 saturated carbocycles. The SMILES string of the molecule is N=C1C(c2ccc(-n3c4ccccc4c4ccccc43)cc2)=CC=C(N(c2ccc(-c3ccc4c(c3)Oc3ccccc3N4c3ccccc3)cc2)c2ccc(-c3ccc4c(c3)Oc3ccccc3N4c3ccccc3)cc2)/C1=N/S. The standard InChI is InChI=1S/C72H48N6O2S/c73-71-57(49-31-39-56(40-32-49)76-60-21-9-7-19-58(60)59-20-8-10-22-61(59)76)41-44-66(72(71)74-81)75(54-35-27-47(28-36-54)50-33-42-64-69(45-50)79-67-25-13-11-23-62(67)77(64)52-15-3-1-4-16-52)55-37-29-48(30-38-55)51-34-43-65-70(46-51)80-68-26-14-12-24-63(68)78(65)53-17-5-2-6-18-53/h1-46,73,81H/b73-71?,74-72-. The Morgan fingerprint density at radius 2 is 0.790 bits per heavy atom. The predicted octanol–water partition coefficient (Wildman–Crippen LogP) is 19.7. The Balaban J connectivity index is 0.796. The molecule has 0 bridgehead atoms. The van der Waals surface area contributed by atoms with Gasteiger partial charge in [-0.3, -0.25) is 5.41 Å². The lowest BCUT2D eigenvalue weighted by atomic mass is 9.91. The second kappa shape index (κ2) is 19.7. The zero-order valence-corrected chi connectivity index (χ0v) is 44.5. The summed E-state index contributed by atoms with van der Waals surface area (Å²) in [6.45, 7) is 0. The molecule has 81 heavy (non-hydrogen) atoms. The molecule has 0 radical (unpaired) electrons. The fraction of sp³-hybridized carbons (Fsp3) is 0. The van der Waals surface area contributed by atoms with Crippen LogP contribution in [-0.4, -0.2) is 16.0 Å². The highest BCUT2D eigenvalue weighted by Crippen LogP contribution is 2.53. The number of benzene rings is 11. The van der Waals surface area contributed by atoms with Gasteiger partial charge in [0.05, 0.1) is 45.2 Å². The minimum Gasteiger partial charge on any atom is -0.453 e. The number of allylic oxidation sites excluding steroid dienone is 4. The first-order valence-corrected chi connectivity index (χ1v) is 27.3. The van der Waals surface area contributed by atoms with Gasteiger partial charge in [0.25, 0.3) is 0 Å². The number of hydrogen-bond donors (Lipinski definition) is 2. The van der Waals surface area contributed by atoms with Gasteiger partial charge in [-0.1, -0.05) is 146 Å². The van der Waals surface area contributed by atoms with Crippen molar-refractivity contribution in [3.8, 4) is 50.9 Å². The average molecular weight is 1060 g/mol. The van der Waals surface area contributed by atoms with Crippen LogP contribution in [0.3, 0.4) is 0 Å². The van der Waals surface area contributed by atoms with Gasteiger partial charge in [0.15, 0.2) is 23.0 Å². The molecule has 1 aliphatic carbocycles. The van der Waals surface area contributed by atoms with Gasteiger partial charge in [0.2, 0.25) is 0 Å². The van der Waals surface area contributed by atoms with E-state index in [1.807, 2.05) is 54.6 Å². The van der Waals surface area contributed by atoms with E-state index in [0.29, 0.717) is 11.4 Å². The van der Waals surface area contributed by atoms with Crippen LogP contribution in [0.25, 0.3) is 55.3 Å². The fourth-order valence-corrected chi connectivity index (χ4v) is 11.9. The third-order valence-electron chi connectivity index (χ3n) is 15.5. The summed E-state index contributed by atoms with van der Waals surface area (Å²) in [5.41, 5.74) is 18.3. The molecule has 9 heteroatoms. The van der Waals surface area contributed by atoms with E-state index in [0.717, 1.165) is 119 Å². The molecule has 0 amide bonds. The van der Waals surface area contributed by atoms with Crippen molar-refractivity contribution < 1.29 is 9.47 Å². The lowest BCUT2D eigenvalue weighted by Crippen LogP contribution is -2.30. The number of aromatic nitrogens is 1. The lowest BCUT2D eigenvalue weighted by molar-refractivity contribution is 0.477. The van der Waals surface area contributed by atoms with Gasteiger partial charge < -0.3 is 28.7 Å². The molecular formula is C72H48N6O2S. The van der Waals surface area contributed by atoms with Gasteiger partial charge in [-0.25, -0.2) is 4.40 Å². The van der Waals surface area contributed by atoms with Crippen LogP contribution >= 0.6 is 12.8 Å². The predicted molar refractivity (Wildman–Crippen MR) is 336 cm³/mol. The number of anilines is 8. The molecule has 8 nitrogen and oxygen atoms in total. The molecule has 0 fully saturated rings. The van der Waals surface area contributed by atoms with Gasteiger partial charge in [-0.05, 0) is 174 Å². The number of ether oxygens (including phenoxy) is 2. The minimum absolute atomic E-state index is 0.269. The molecule has 0 saturated heterocycles. The highest BCUT2D eigenvalue weighted by atomic mass is 32.1. The molecule has 3 aliphatic rings. The Morgan fingerprint density at radius 1 is 0.370 bits per heavy atom. The van der Waals surface area contributed by atoms with E-state index in [1.54, 1.807) is 0 Å². The third kappa shape index (κ3) is 8.17. The highest BCUT2D eigenvalue weighted by Gasteiger charge is 2.30. The molecule has 0 atom stereocenters. The molecule has 1 aromatic heterocycles. The van der Waals surface area contributed by atoms with Crippen LogP contribution in [0.1, 0.15) is 5.56 Å². The van der Waals surface area contributed by atoms with E-state index in [2.05, 4.69) is 261 Å². The number of hydrogen-bond acceptors (Lipinski definition) is 8. The summed E-state index contributed by atoms with van der Waals surface area (Å²) in [5, 5.41) is 12.2. The van der Waals surface area contributed by atoms with Gasteiger partial charge >= 0.3 is 0 Å². The summed E-state index contributed by atoms with van der Waals surface area (Å²) >= 11 is 4.60. The van der Waals surface area contributed by atoms with E-state index >= 15 is 0 Å². The van der Waals surface area contributed by atoms with E-state index < -0.39 is 0 Å². The van der Waals surface area contributed by atoms with Gasteiger partial charge in [0, 0.05) is 44.8 Å². The van der Waals surface area contributed by atoms with Crippen molar-refractivity contribution in [3.63, 3.8) is 0 Å². The average Bonchev–Trinajstić information content (AvgIpc) is 4.15. The maximum absolute atomic E-state index is 9.82. The Morgan fingerprint density at radius 3 is 1.28 bits per heavy atom. The van der Waals surface area contributed by atoms with Crippen molar-refractivity contribution in [3.05, 3.63) is 290 Å². The molecule has 12 aromatic rings. The van der Waals surface area contributed by atoms with Crippen molar-refractivity contribution in [2.24, 2.45) is 4.40 Å². The molecule has 11 aromatic carbocycles. The van der Waals surface area contributed by atoms with Crippen LogP contribution < -0.4 is 24.2 Å². The van der Waals surface area contributed by atoms with E-state index in [-0.39, 0.29) is 5.71 Å². The van der Waals surface area contributed by atoms with Gasteiger partial charge in [0.1, 0.15) is 5.71 Å². The van der Waals surface area contributed by atoms with Crippen LogP contribution in [0.5, 0.6) is 23.0 Å². The second-order valence-electron chi connectivity index (χ2n) is 20.1. The van der Waals surface area contributed by atoms with Crippen molar-refractivity contribution in [1.82, 2.24) is 4.57 Å². The molecule has 3 heterocycles. The number of rotatable bonds is 9. The summed E-state index contributed by atoms with van der Waals surface area (Å²) in [6.07, 6.45) is 4.08. The van der Waals surface area contributed by atoms with Crippen molar-refractivity contribution >= 4 is 97.1 Å². The molecule has 2 aliphatic heterocycles. The normalized spacial score (nSPS) is 13.8. The van der Waals surface area contributed by atoms with Crippen LogP contribution in [0.4, 0.5) is 45.5 Å². The monoisotopic (exact) mass is 1060 g/mol. The summed E-state index contributed by atoms with van der Waals surface area (Å²) < 4.78 is 20.1. The Bertz CT molecular complexity index is 4310. The molecule has 0 unspecified atom stereocenters. The quantitative estimate of drug-likeness (QED) is 0.111. The van der Waals surface area contributed by atoms with Gasteiger partial charge in [-0.2, -0.15) is 0 Å². The summed E-state index contributed by atoms with van der Waals surface area (Å²) in [5.74, 6) is 3.14. The number of para-hydroxylation sites is 8. The molecule has 15 rings (SSSR count). The van der Waals surface area contributed by atoms with Crippen molar-refractivity contribution in [2.75, 3.05) is 14.7 Å². The first-order chi connectivity index (χ1) is 40.0. The van der Waals surface area contributed by atoms with Crippen LogP contribution in [0, 0.1) is 5.41 Å². The number of nitrogens with one attached hydrogen (secondary N) is 1. The van der Waals surface area contributed by atoms with Crippen LogP contribution in [-0.2, 0) is 0 Å². The largest absolute Gasteiger partial charge is 0.453 e. The second-order valence-corrected chi connectivity index (χ2v) is 20.3. The summed E-state index contributed by atoms with van der Waals surface area (Å²) in [4.78, 5) is 6.66. The molecule has 1 N–H and O–H groups in total. The smallest absolute Gasteiger partial charge is 0.152 e. The topological polar surface area (TPSA) is 69.3 Å². The lowest BCUT2D eigenvalue weighted by Gasteiger charge is -2.33. The minimum atomic E-state index is 0.269. The number of nitrogens with zero attached hydrogens (tertiary/aromatic N) is 5. The maximum atomic E-state index is 9.82. The summed E-state index contributed by atoms with van der Waals surface area (Å²) in [6, 6.07) is 92.5. The third-order valence-corrected chi connectivity index (χ3v) is 15.7. The van der Waals surface area contributed by atoms with E-state index in [4.69, 9.17) is 9.47 Å². The van der Waals surface area contributed by atoms with E-state index in [9.17, 15) is 5.41 Å². The highest BCUT2D eigenvalue weighted by molar-refractivity contribution is 7.79. The van der Waals surface area contributed by atoms with E-state index in [1.165, 1.54) is 10.8 Å². The first-order valence-electron chi connectivity index (χ1n) is 26.9. The summed E-state index contributed by atoms with van der Waals surface area (Å²) in [7, 11) is 0. The van der Waals surface area contributed by atoms with Crippen LogP contribution in [0.2, 0.25) is 0 Å². The first kappa shape index (κ1) is 47.6. The molecular weight excluding hydrogens is 1010 g/mol. The van der Waals surface area contributed by atoms with Gasteiger partial charge in [-0.15, -0.1) is 0 Å². The van der Waals surface area contributed by atoms with Crippen LogP contribution in [0.15, 0.2) is 289 Å². The number of fused-ring (bicyclic) bond motifs is 7.